The molecule has 2 heterocycles. The molecule has 1 aliphatic carbocycles. The molecule has 1 unspecified atom stereocenters. The lowest BCUT2D eigenvalue weighted by molar-refractivity contribution is -0.120. The van der Waals surface area contributed by atoms with Crippen LogP contribution in [0.4, 0.5) is 14.6 Å². The number of aromatic nitrogens is 3. The first-order chi connectivity index (χ1) is 12.7. The topological polar surface area (TPSA) is 85.8 Å². The van der Waals surface area contributed by atoms with E-state index in [1.165, 1.54) is 0 Å². The van der Waals surface area contributed by atoms with Gasteiger partial charge in [-0.05, 0) is 48.9 Å². The van der Waals surface area contributed by atoms with Crippen molar-refractivity contribution in [2.75, 3.05) is 5.32 Å². The van der Waals surface area contributed by atoms with Crippen molar-refractivity contribution in [3.8, 4) is 0 Å². The summed E-state index contributed by atoms with van der Waals surface area (Å²) in [6.07, 6.45) is 4.20. The molecule has 28 heavy (non-hydrogen) atoms. The number of nitrogens with one attached hydrogen (secondary N) is 1. The summed E-state index contributed by atoms with van der Waals surface area (Å²) in [5.41, 5.74) is 9.18. The van der Waals surface area contributed by atoms with Gasteiger partial charge in [-0.15, -0.1) is 12.4 Å². The maximum absolute atomic E-state index is 13.3. The lowest BCUT2D eigenvalue weighted by atomic mass is 9.82. The minimum atomic E-state index is -2.63. The van der Waals surface area contributed by atoms with E-state index in [0.717, 1.165) is 16.8 Å². The highest BCUT2D eigenvalue weighted by Gasteiger charge is 2.38. The second-order valence-electron chi connectivity index (χ2n) is 7.33. The Morgan fingerprint density at radius 2 is 2.11 bits per heavy atom. The molecule has 2 aromatic heterocycles. The number of pyridine rings is 1. The van der Waals surface area contributed by atoms with Crippen molar-refractivity contribution in [2.45, 2.75) is 51.0 Å². The molecule has 0 saturated heterocycles. The zero-order valence-electron chi connectivity index (χ0n) is 16.0. The van der Waals surface area contributed by atoms with Gasteiger partial charge < -0.3 is 11.1 Å². The van der Waals surface area contributed by atoms with E-state index in [-0.39, 0.29) is 49.9 Å². The standard InChI is InChI=1S/C19H25F2N5O.ClH/c1-12-11-24-26(2)15(12)9-13-5-8-23-16(10-13)25-18(27)17(22)14-3-6-19(20,21)7-4-14;/h5,8,10-11,14,17H,3-4,6-7,9,22H2,1-2H3,(H,23,25,27);1H. The summed E-state index contributed by atoms with van der Waals surface area (Å²) in [5.74, 6) is -2.84. The fourth-order valence-corrected chi connectivity index (χ4v) is 3.52. The number of hydrogen-bond acceptors (Lipinski definition) is 4. The number of carbonyl (C=O) groups is 1. The van der Waals surface area contributed by atoms with Crippen LogP contribution in [0.5, 0.6) is 0 Å². The minimum absolute atomic E-state index is 0. The molecule has 1 aliphatic rings. The van der Waals surface area contributed by atoms with Crippen LogP contribution in [0.2, 0.25) is 0 Å². The Balaban J connectivity index is 0.00000280. The number of hydrogen-bond donors (Lipinski definition) is 2. The predicted molar refractivity (Wildman–Crippen MR) is 106 cm³/mol. The molecule has 0 aliphatic heterocycles. The molecule has 1 saturated carbocycles. The number of amides is 1. The summed E-state index contributed by atoms with van der Waals surface area (Å²) in [7, 11) is 1.89. The van der Waals surface area contributed by atoms with Crippen LogP contribution in [0.25, 0.3) is 0 Å². The van der Waals surface area contributed by atoms with Gasteiger partial charge in [0.15, 0.2) is 0 Å². The summed E-state index contributed by atoms with van der Waals surface area (Å²) < 4.78 is 28.4. The number of nitrogens with zero attached hydrogens (tertiary/aromatic N) is 3. The van der Waals surface area contributed by atoms with E-state index in [2.05, 4.69) is 15.4 Å². The zero-order valence-corrected chi connectivity index (χ0v) is 16.8. The molecule has 9 heteroatoms. The van der Waals surface area contributed by atoms with Crippen molar-refractivity contribution >= 4 is 24.1 Å². The lowest BCUT2D eigenvalue weighted by Crippen LogP contribution is -2.44. The van der Waals surface area contributed by atoms with Crippen LogP contribution >= 0.6 is 12.4 Å². The van der Waals surface area contributed by atoms with Crippen molar-refractivity contribution in [3.05, 3.63) is 41.3 Å². The Kier molecular flexibility index (Phi) is 7.11. The van der Waals surface area contributed by atoms with Crippen LogP contribution in [0.15, 0.2) is 24.5 Å². The first-order valence-electron chi connectivity index (χ1n) is 9.12. The van der Waals surface area contributed by atoms with Gasteiger partial charge in [-0.3, -0.25) is 9.48 Å². The highest BCUT2D eigenvalue weighted by molar-refractivity contribution is 5.94. The first kappa shape index (κ1) is 22.2. The van der Waals surface area contributed by atoms with Gasteiger partial charge in [0.1, 0.15) is 5.82 Å². The monoisotopic (exact) mass is 413 g/mol. The number of alkyl halides is 2. The van der Waals surface area contributed by atoms with Crippen LogP contribution in [-0.2, 0) is 18.3 Å². The number of rotatable bonds is 5. The largest absolute Gasteiger partial charge is 0.320 e. The van der Waals surface area contributed by atoms with Gasteiger partial charge in [0.05, 0.1) is 12.2 Å². The summed E-state index contributed by atoms with van der Waals surface area (Å²) in [6, 6.07) is 2.86. The van der Waals surface area contributed by atoms with E-state index in [1.54, 1.807) is 12.3 Å². The summed E-state index contributed by atoms with van der Waals surface area (Å²) in [6.45, 7) is 2.00. The molecular formula is C19H26ClF2N5O. The third-order valence-corrected chi connectivity index (χ3v) is 5.29. The Labute approximate surface area is 169 Å². The van der Waals surface area contributed by atoms with Gasteiger partial charge in [-0.2, -0.15) is 5.10 Å². The third kappa shape index (κ3) is 5.26. The number of carbonyl (C=O) groups excluding carboxylic acids is 1. The number of aryl methyl sites for hydroxylation is 2. The third-order valence-electron chi connectivity index (χ3n) is 5.29. The summed E-state index contributed by atoms with van der Waals surface area (Å²) >= 11 is 0. The second kappa shape index (κ2) is 8.96. The number of nitrogens with two attached hydrogens (primary N) is 1. The van der Waals surface area contributed by atoms with Gasteiger partial charge >= 0.3 is 0 Å². The molecule has 0 bridgehead atoms. The van der Waals surface area contributed by atoms with E-state index in [9.17, 15) is 13.6 Å². The fourth-order valence-electron chi connectivity index (χ4n) is 3.52. The maximum atomic E-state index is 13.3. The molecular weight excluding hydrogens is 388 g/mol. The molecule has 1 atom stereocenters. The molecule has 0 radical (unpaired) electrons. The predicted octanol–water partition coefficient (Wildman–Crippen LogP) is 3.23. The average molecular weight is 414 g/mol. The zero-order chi connectivity index (χ0) is 19.6. The second-order valence-corrected chi connectivity index (χ2v) is 7.33. The Morgan fingerprint density at radius 3 is 2.71 bits per heavy atom. The van der Waals surface area contributed by atoms with Crippen LogP contribution in [0.3, 0.4) is 0 Å². The van der Waals surface area contributed by atoms with Crippen LogP contribution < -0.4 is 11.1 Å². The number of halogens is 3. The lowest BCUT2D eigenvalue weighted by Gasteiger charge is -2.31. The van der Waals surface area contributed by atoms with E-state index in [0.29, 0.717) is 12.2 Å². The molecule has 1 amide bonds. The van der Waals surface area contributed by atoms with Crippen LogP contribution in [0.1, 0.15) is 42.5 Å². The van der Waals surface area contributed by atoms with Crippen molar-refractivity contribution in [1.82, 2.24) is 14.8 Å². The van der Waals surface area contributed by atoms with Gasteiger partial charge in [0, 0.05) is 38.2 Å². The van der Waals surface area contributed by atoms with Gasteiger partial charge in [0.2, 0.25) is 11.8 Å². The molecule has 0 spiro atoms. The first-order valence-corrected chi connectivity index (χ1v) is 9.12. The van der Waals surface area contributed by atoms with Crippen molar-refractivity contribution in [3.63, 3.8) is 0 Å². The van der Waals surface area contributed by atoms with Crippen molar-refractivity contribution < 1.29 is 13.6 Å². The van der Waals surface area contributed by atoms with Gasteiger partial charge in [-0.25, -0.2) is 13.8 Å². The van der Waals surface area contributed by atoms with E-state index in [1.807, 2.05) is 30.9 Å². The van der Waals surface area contributed by atoms with Gasteiger partial charge in [0.25, 0.3) is 0 Å². The van der Waals surface area contributed by atoms with Gasteiger partial charge in [-0.1, -0.05) is 0 Å². The molecule has 154 valence electrons. The Hall–Kier alpha value is -2.06. The molecule has 6 nitrogen and oxygen atoms in total. The average Bonchev–Trinajstić information content (AvgIpc) is 2.93. The molecule has 2 aromatic rings. The van der Waals surface area contributed by atoms with Crippen LogP contribution in [-0.4, -0.2) is 32.6 Å². The molecule has 0 aromatic carbocycles. The van der Waals surface area contributed by atoms with E-state index in [4.69, 9.17) is 5.73 Å². The minimum Gasteiger partial charge on any atom is -0.320 e. The van der Waals surface area contributed by atoms with E-state index < -0.39 is 12.0 Å². The Morgan fingerprint density at radius 1 is 1.43 bits per heavy atom. The summed E-state index contributed by atoms with van der Waals surface area (Å²) in [5, 5.41) is 6.95. The smallest absolute Gasteiger partial charge is 0.248 e. The van der Waals surface area contributed by atoms with Crippen molar-refractivity contribution in [2.24, 2.45) is 18.7 Å². The van der Waals surface area contributed by atoms with Crippen LogP contribution in [0, 0.1) is 12.8 Å². The van der Waals surface area contributed by atoms with Crippen molar-refractivity contribution in [1.29, 1.82) is 0 Å². The maximum Gasteiger partial charge on any atom is 0.248 e. The highest BCUT2D eigenvalue weighted by Crippen LogP contribution is 2.37. The molecule has 3 N–H and O–H groups in total. The fraction of sp³-hybridized carbons (Fsp3) is 0.526. The Bertz CT molecular complexity index is 797. The SMILES string of the molecule is Cc1cnn(C)c1Cc1ccnc(NC(=O)C(N)C2CCC(F)(F)CC2)c1.Cl. The number of anilines is 1. The normalized spacial score (nSPS) is 17.6. The molecule has 1 fully saturated rings. The quantitative estimate of drug-likeness (QED) is 0.788. The summed E-state index contributed by atoms with van der Waals surface area (Å²) in [4.78, 5) is 16.6. The van der Waals surface area contributed by atoms with E-state index >= 15 is 0 Å². The molecule has 3 rings (SSSR count). The highest BCUT2D eigenvalue weighted by atomic mass is 35.5.